The van der Waals surface area contributed by atoms with E-state index in [0.29, 0.717) is 18.4 Å². The van der Waals surface area contributed by atoms with Gasteiger partial charge in [0.2, 0.25) is 0 Å². The van der Waals surface area contributed by atoms with Crippen LogP contribution >= 0.6 is 0 Å². The fourth-order valence-electron chi connectivity index (χ4n) is 1.48. The van der Waals surface area contributed by atoms with E-state index in [2.05, 4.69) is 10.2 Å². The summed E-state index contributed by atoms with van der Waals surface area (Å²) in [6, 6.07) is 0.492. The molecule has 0 aromatic rings. The molecule has 0 unspecified atom stereocenters. The maximum atomic E-state index is 11.1. The number of nitrogens with one attached hydrogen (secondary N) is 1. The summed E-state index contributed by atoms with van der Waals surface area (Å²) >= 11 is 0. The first kappa shape index (κ1) is 8.68. The van der Waals surface area contributed by atoms with Gasteiger partial charge in [-0.2, -0.15) is 0 Å². The van der Waals surface area contributed by atoms with E-state index in [-0.39, 0.29) is 0 Å². The minimum Gasteiger partial charge on any atom is -0.316 e. The number of nitrogens with zero attached hydrogens (tertiary/aromatic N) is 1. The number of hydrogen-bond acceptors (Lipinski definition) is 3. The maximum Gasteiger partial charge on any atom is 0.146 e. The van der Waals surface area contributed by atoms with Gasteiger partial charge in [0.1, 0.15) is 5.78 Å². The molecule has 0 bridgehead atoms. The molecule has 1 aliphatic heterocycles. The molecule has 1 heterocycles. The second-order valence-corrected chi connectivity index (χ2v) is 3.26. The molecule has 11 heavy (non-hydrogen) atoms. The van der Waals surface area contributed by atoms with Crippen LogP contribution < -0.4 is 5.32 Å². The number of likely N-dealkylation sites (tertiary alicyclic amines) is 1. The van der Waals surface area contributed by atoms with E-state index in [1.54, 1.807) is 0 Å². The molecule has 1 rings (SSSR count). The SMILES string of the molecule is CN[C@H]1CCC(=O)CN(C)C1. The molecule has 1 saturated heterocycles. The summed E-state index contributed by atoms with van der Waals surface area (Å²) in [5, 5.41) is 3.20. The Bertz CT molecular complexity index is 147. The number of rotatable bonds is 1. The number of ketones is 1. The van der Waals surface area contributed by atoms with Crippen LogP contribution in [0.2, 0.25) is 0 Å². The number of Topliss-reactive ketones (excluding diaryl/α,β-unsaturated/α-hetero) is 1. The third-order valence-electron chi connectivity index (χ3n) is 2.16. The van der Waals surface area contributed by atoms with E-state index in [4.69, 9.17) is 0 Å². The van der Waals surface area contributed by atoms with Crippen molar-refractivity contribution in [2.24, 2.45) is 0 Å². The number of carbonyl (C=O) groups excluding carboxylic acids is 1. The lowest BCUT2D eigenvalue weighted by Gasteiger charge is -2.18. The lowest BCUT2D eigenvalue weighted by atomic mass is 10.1. The van der Waals surface area contributed by atoms with Gasteiger partial charge in [0.15, 0.2) is 0 Å². The van der Waals surface area contributed by atoms with Gasteiger partial charge >= 0.3 is 0 Å². The van der Waals surface area contributed by atoms with Crippen LogP contribution in [0.3, 0.4) is 0 Å². The molecule has 3 nitrogen and oxygen atoms in total. The minimum absolute atomic E-state index is 0.366. The molecule has 0 aromatic heterocycles. The van der Waals surface area contributed by atoms with Gasteiger partial charge in [0, 0.05) is 19.0 Å². The molecular weight excluding hydrogens is 140 g/mol. The Kier molecular flexibility index (Phi) is 3.02. The highest BCUT2D eigenvalue weighted by Gasteiger charge is 2.17. The van der Waals surface area contributed by atoms with Gasteiger partial charge in [0.05, 0.1) is 6.54 Å². The van der Waals surface area contributed by atoms with Crippen LogP contribution in [0, 0.1) is 0 Å². The second kappa shape index (κ2) is 3.83. The Morgan fingerprint density at radius 1 is 1.64 bits per heavy atom. The summed E-state index contributed by atoms with van der Waals surface area (Å²) in [6.45, 7) is 1.61. The van der Waals surface area contributed by atoms with Crippen LogP contribution in [0.1, 0.15) is 12.8 Å². The first-order valence-electron chi connectivity index (χ1n) is 4.10. The molecule has 1 N–H and O–H groups in total. The predicted molar refractivity (Wildman–Crippen MR) is 44.6 cm³/mol. The fraction of sp³-hybridized carbons (Fsp3) is 0.875. The largest absolute Gasteiger partial charge is 0.316 e. The van der Waals surface area contributed by atoms with Crippen molar-refractivity contribution in [1.82, 2.24) is 10.2 Å². The Morgan fingerprint density at radius 2 is 2.36 bits per heavy atom. The van der Waals surface area contributed by atoms with Crippen LogP contribution in [0.5, 0.6) is 0 Å². The molecule has 0 radical (unpaired) electrons. The van der Waals surface area contributed by atoms with Crippen molar-refractivity contribution < 1.29 is 4.79 Å². The molecule has 64 valence electrons. The van der Waals surface area contributed by atoms with Crippen LogP contribution in [0.25, 0.3) is 0 Å². The number of carbonyl (C=O) groups is 1. The minimum atomic E-state index is 0.366. The zero-order valence-electron chi connectivity index (χ0n) is 7.26. The molecule has 0 amide bonds. The molecule has 0 aromatic carbocycles. The molecular formula is C8H16N2O. The second-order valence-electron chi connectivity index (χ2n) is 3.26. The average molecular weight is 156 g/mol. The van der Waals surface area contributed by atoms with Gasteiger partial charge in [-0.15, -0.1) is 0 Å². The number of likely N-dealkylation sites (N-methyl/N-ethyl adjacent to an activating group) is 2. The van der Waals surface area contributed by atoms with Crippen molar-refractivity contribution in [1.29, 1.82) is 0 Å². The van der Waals surface area contributed by atoms with Gasteiger partial charge < -0.3 is 5.32 Å². The lowest BCUT2D eigenvalue weighted by Crippen LogP contribution is -2.36. The fourth-order valence-corrected chi connectivity index (χ4v) is 1.48. The molecule has 1 fully saturated rings. The van der Waals surface area contributed by atoms with E-state index >= 15 is 0 Å². The Labute approximate surface area is 67.8 Å². The highest BCUT2D eigenvalue weighted by molar-refractivity contribution is 5.80. The zero-order valence-corrected chi connectivity index (χ0v) is 7.26. The third kappa shape index (κ3) is 2.60. The summed E-state index contributed by atoms with van der Waals surface area (Å²) < 4.78 is 0. The highest BCUT2D eigenvalue weighted by atomic mass is 16.1. The normalized spacial score (nSPS) is 28.5. The summed E-state index contributed by atoms with van der Waals surface area (Å²) in [5.74, 6) is 0.366. The van der Waals surface area contributed by atoms with Gasteiger partial charge in [-0.3, -0.25) is 9.69 Å². The first-order valence-corrected chi connectivity index (χ1v) is 4.10. The molecule has 3 heteroatoms. The highest BCUT2D eigenvalue weighted by Crippen LogP contribution is 2.05. The van der Waals surface area contributed by atoms with Gasteiger partial charge in [-0.1, -0.05) is 0 Å². The smallest absolute Gasteiger partial charge is 0.146 e. The quantitative estimate of drug-likeness (QED) is 0.574. The van der Waals surface area contributed by atoms with Crippen molar-refractivity contribution in [3.63, 3.8) is 0 Å². The van der Waals surface area contributed by atoms with E-state index < -0.39 is 0 Å². The van der Waals surface area contributed by atoms with Gasteiger partial charge in [0.25, 0.3) is 0 Å². The van der Waals surface area contributed by atoms with Crippen LogP contribution in [-0.2, 0) is 4.79 Å². The van der Waals surface area contributed by atoms with Crippen molar-refractivity contribution in [2.75, 3.05) is 27.2 Å². The average Bonchev–Trinajstić information content (AvgIpc) is 2.11. The van der Waals surface area contributed by atoms with E-state index in [1.807, 2.05) is 14.1 Å². The topological polar surface area (TPSA) is 32.3 Å². The van der Waals surface area contributed by atoms with Crippen molar-refractivity contribution in [3.05, 3.63) is 0 Å². The van der Waals surface area contributed by atoms with Crippen LogP contribution in [-0.4, -0.2) is 43.9 Å². The molecule has 1 atom stereocenters. The molecule has 0 spiro atoms. The van der Waals surface area contributed by atoms with Crippen LogP contribution in [0.4, 0.5) is 0 Å². The Balaban J connectivity index is 2.46. The predicted octanol–water partition coefficient (Wildman–Crippen LogP) is -0.131. The molecule has 0 saturated carbocycles. The standard InChI is InChI=1S/C8H16N2O/c1-9-7-3-4-8(11)6-10(2)5-7/h7,9H,3-6H2,1-2H3/t7-/m0/s1. The van der Waals surface area contributed by atoms with E-state index in [9.17, 15) is 4.79 Å². The van der Waals surface area contributed by atoms with Crippen molar-refractivity contribution in [3.8, 4) is 0 Å². The molecule has 0 aliphatic carbocycles. The Morgan fingerprint density at radius 3 is 3.00 bits per heavy atom. The summed E-state index contributed by atoms with van der Waals surface area (Å²) in [4.78, 5) is 13.2. The first-order chi connectivity index (χ1) is 5.22. The van der Waals surface area contributed by atoms with Crippen molar-refractivity contribution in [2.45, 2.75) is 18.9 Å². The summed E-state index contributed by atoms with van der Waals surface area (Å²) in [5.41, 5.74) is 0. The van der Waals surface area contributed by atoms with Gasteiger partial charge in [-0.25, -0.2) is 0 Å². The number of hydrogen-bond donors (Lipinski definition) is 1. The summed E-state index contributed by atoms with van der Waals surface area (Å²) in [7, 11) is 3.95. The molecule has 1 aliphatic rings. The summed E-state index contributed by atoms with van der Waals surface area (Å²) in [6.07, 6.45) is 1.72. The van der Waals surface area contributed by atoms with E-state index in [1.165, 1.54) is 0 Å². The van der Waals surface area contributed by atoms with Crippen molar-refractivity contribution >= 4 is 5.78 Å². The Hall–Kier alpha value is -0.410. The lowest BCUT2D eigenvalue weighted by molar-refractivity contribution is -0.119. The van der Waals surface area contributed by atoms with Gasteiger partial charge in [-0.05, 0) is 20.5 Å². The maximum absolute atomic E-state index is 11.1. The third-order valence-corrected chi connectivity index (χ3v) is 2.16. The zero-order chi connectivity index (χ0) is 8.27. The van der Waals surface area contributed by atoms with Crippen LogP contribution in [0.15, 0.2) is 0 Å². The van der Waals surface area contributed by atoms with E-state index in [0.717, 1.165) is 19.4 Å². The monoisotopic (exact) mass is 156 g/mol.